The number of pyridine rings is 1. The van der Waals surface area contributed by atoms with E-state index in [4.69, 9.17) is 4.74 Å². The number of anilines is 1. The molecule has 0 radical (unpaired) electrons. The van der Waals surface area contributed by atoms with Crippen LogP contribution in [0.15, 0.2) is 53.6 Å². The highest BCUT2D eigenvalue weighted by Gasteiger charge is 2.47. The minimum Gasteiger partial charge on any atom is -0.467 e. The molecule has 1 fully saturated rings. The minimum absolute atomic E-state index is 0.219. The molecule has 2 aromatic heterocycles. The summed E-state index contributed by atoms with van der Waals surface area (Å²) in [6.07, 6.45) is -3.49. The zero-order valence-corrected chi connectivity index (χ0v) is 20.0. The first-order valence-electron chi connectivity index (χ1n) is 10.7. The summed E-state index contributed by atoms with van der Waals surface area (Å²) in [5.74, 6) is -0.270. The summed E-state index contributed by atoms with van der Waals surface area (Å²) in [6, 6.07) is 8.20. The molecule has 2 atom stereocenters. The van der Waals surface area contributed by atoms with Crippen molar-refractivity contribution in [3.05, 3.63) is 65.6 Å². The second-order valence-electron chi connectivity index (χ2n) is 8.30. The number of methoxy groups -OCH3 is 1. The number of ether oxygens (including phenoxy) is 1. The summed E-state index contributed by atoms with van der Waals surface area (Å²) < 4.78 is 74.1. The average Bonchev–Trinajstić information content (AvgIpc) is 3.42. The standard InChI is InChI=1S/C23H23F3N4O4S/c1-14-10-16(8-9-27-14)30-21(11-15(2)28-30)29-13-17(12-19(29)22(31)34-3)35(32,33)20-7-5-4-6-18(20)23(24,25)26/h4-11,17,19H,12-13H2,1-3H3. The van der Waals surface area contributed by atoms with E-state index in [1.165, 1.54) is 18.1 Å². The third-order valence-electron chi connectivity index (χ3n) is 5.91. The van der Waals surface area contributed by atoms with Crippen molar-refractivity contribution >= 4 is 21.6 Å². The van der Waals surface area contributed by atoms with Crippen LogP contribution < -0.4 is 4.90 Å². The number of carbonyl (C=O) groups excluding carboxylic acids is 1. The first-order chi connectivity index (χ1) is 16.4. The van der Waals surface area contributed by atoms with Gasteiger partial charge in [-0.3, -0.25) is 4.98 Å². The molecule has 4 rings (SSSR count). The lowest BCUT2D eigenvalue weighted by molar-refractivity contribution is -0.142. The van der Waals surface area contributed by atoms with Gasteiger partial charge in [0.15, 0.2) is 9.84 Å². The van der Waals surface area contributed by atoms with Gasteiger partial charge in [-0.15, -0.1) is 0 Å². The molecule has 3 heterocycles. The molecule has 0 spiro atoms. The van der Waals surface area contributed by atoms with Crippen molar-refractivity contribution in [2.24, 2.45) is 0 Å². The molecule has 2 unspecified atom stereocenters. The number of esters is 1. The van der Waals surface area contributed by atoms with E-state index in [1.807, 2.05) is 0 Å². The molecule has 1 aromatic carbocycles. The van der Waals surface area contributed by atoms with Gasteiger partial charge in [-0.05, 0) is 44.5 Å². The van der Waals surface area contributed by atoms with Gasteiger partial charge < -0.3 is 9.64 Å². The SMILES string of the molecule is COC(=O)C1CC(S(=O)(=O)c2ccccc2C(F)(F)F)CN1c1cc(C)nn1-c1ccnc(C)c1. The Kier molecular flexibility index (Phi) is 6.34. The fraction of sp³-hybridized carbons (Fsp3) is 0.348. The number of nitrogens with zero attached hydrogens (tertiary/aromatic N) is 4. The Morgan fingerprint density at radius 3 is 2.49 bits per heavy atom. The van der Waals surface area contributed by atoms with E-state index in [2.05, 4.69) is 10.1 Å². The molecular weight excluding hydrogens is 485 g/mol. The Bertz CT molecular complexity index is 1370. The van der Waals surface area contributed by atoms with Crippen LogP contribution in [0.1, 0.15) is 23.4 Å². The molecule has 186 valence electrons. The number of aromatic nitrogens is 3. The molecule has 0 N–H and O–H groups in total. The van der Waals surface area contributed by atoms with Gasteiger partial charge in [0, 0.05) is 24.5 Å². The minimum atomic E-state index is -4.85. The van der Waals surface area contributed by atoms with Crippen molar-refractivity contribution in [1.29, 1.82) is 0 Å². The summed E-state index contributed by atoms with van der Waals surface area (Å²) >= 11 is 0. The molecular formula is C23H23F3N4O4S. The van der Waals surface area contributed by atoms with Crippen LogP contribution >= 0.6 is 0 Å². The van der Waals surface area contributed by atoms with Gasteiger partial charge in [-0.25, -0.2) is 17.9 Å². The van der Waals surface area contributed by atoms with E-state index < -0.39 is 43.7 Å². The Morgan fingerprint density at radius 1 is 1.11 bits per heavy atom. The van der Waals surface area contributed by atoms with E-state index >= 15 is 0 Å². The quantitative estimate of drug-likeness (QED) is 0.487. The second-order valence-corrected chi connectivity index (χ2v) is 10.5. The number of rotatable bonds is 5. The van der Waals surface area contributed by atoms with Crippen LogP contribution in [-0.4, -0.2) is 54.1 Å². The van der Waals surface area contributed by atoms with Crippen molar-refractivity contribution < 1.29 is 31.1 Å². The van der Waals surface area contributed by atoms with Crippen molar-refractivity contribution in [3.8, 4) is 5.69 Å². The lowest BCUT2D eigenvalue weighted by Crippen LogP contribution is -2.38. The first-order valence-corrected chi connectivity index (χ1v) is 12.2. The third kappa shape index (κ3) is 4.62. The van der Waals surface area contributed by atoms with Gasteiger partial charge in [0.05, 0.1) is 34.2 Å². The number of alkyl halides is 3. The number of hydrogen-bond donors (Lipinski definition) is 0. The molecule has 0 saturated carbocycles. The maximum Gasteiger partial charge on any atom is 0.417 e. The van der Waals surface area contributed by atoms with Gasteiger partial charge in [0.2, 0.25) is 0 Å². The van der Waals surface area contributed by atoms with Crippen molar-refractivity contribution in [3.63, 3.8) is 0 Å². The molecule has 1 aliphatic heterocycles. The van der Waals surface area contributed by atoms with Crippen LogP contribution in [0.4, 0.5) is 19.0 Å². The van der Waals surface area contributed by atoms with Gasteiger partial charge in [-0.2, -0.15) is 18.3 Å². The summed E-state index contributed by atoms with van der Waals surface area (Å²) in [7, 11) is -3.28. The van der Waals surface area contributed by atoms with Crippen molar-refractivity contribution in [2.45, 2.75) is 42.6 Å². The van der Waals surface area contributed by atoms with Crippen LogP contribution in [0.25, 0.3) is 5.69 Å². The Balaban J connectivity index is 1.79. The van der Waals surface area contributed by atoms with Crippen LogP contribution in [0, 0.1) is 13.8 Å². The van der Waals surface area contributed by atoms with E-state index in [9.17, 15) is 26.4 Å². The van der Waals surface area contributed by atoms with Crippen LogP contribution in [0.5, 0.6) is 0 Å². The maximum absolute atomic E-state index is 13.6. The second kappa shape index (κ2) is 8.99. The predicted molar refractivity (Wildman–Crippen MR) is 121 cm³/mol. The first kappa shape index (κ1) is 24.7. The lowest BCUT2D eigenvalue weighted by atomic mass is 10.2. The summed E-state index contributed by atoms with van der Waals surface area (Å²) in [4.78, 5) is 17.5. The number of hydrogen-bond acceptors (Lipinski definition) is 7. The summed E-state index contributed by atoms with van der Waals surface area (Å²) in [6.45, 7) is 3.32. The van der Waals surface area contributed by atoms with Crippen LogP contribution in [-0.2, 0) is 25.5 Å². The predicted octanol–water partition coefficient (Wildman–Crippen LogP) is 3.50. The Morgan fingerprint density at radius 2 is 1.83 bits per heavy atom. The Labute approximate surface area is 200 Å². The van der Waals surface area contributed by atoms with Gasteiger partial charge in [0.1, 0.15) is 11.9 Å². The third-order valence-corrected chi connectivity index (χ3v) is 8.09. The van der Waals surface area contributed by atoms with Crippen LogP contribution in [0.3, 0.4) is 0 Å². The molecule has 8 nitrogen and oxygen atoms in total. The van der Waals surface area contributed by atoms with Crippen molar-refractivity contribution in [2.75, 3.05) is 18.6 Å². The fourth-order valence-electron chi connectivity index (χ4n) is 4.31. The lowest BCUT2D eigenvalue weighted by Gasteiger charge is -2.25. The molecule has 1 aliphatic rings. The molecule has 1 saturated heterocycles. The summed E-state index contributed by atoms with van der Waals surface area (Å²) in [5, 5.41) is 3.20. The van der Waals surface area contributed by atoms with E-state index in [0.29, 0.717) is 17.2 Å². The molecule has 35 heavy (non-hydrogen) atoms. The van der Waals surface area contributed by atoms with Crippen molar-refractivity contribution in [1.82, 2.24) is 14.8 Å². The molecule has 0 amide bonds. The number of carbonyl (C=O) groups is 1. The number of halogens is 3. The number of aryl methyl sites for hydroxylation is 2. The summed E-state index contributed by atoms with van der Waals surface area (Å²) in [5.41, 5.74) is 0.725. The number of sulfone groups is 1. The fourth-order valence-corrected chi connectivity index (χ4v) is 6.22. The maximum atomic E-state index is 13.6. The normalized spacial score (nSPS) is 18.6. The molecule has 0 aliphatic carbocycles. The molecule has 0 bridgehead atoms. The van der Waals surface area contributed by atoms with Crippen LogP contribution in [0.2, 0.25) is 0 Å². The van der Waals surface area contributed by atoms with Gasteiger partial charge >= 0.3 is 12.1 Å². The monoisotopic (exact) mass is 508 g/mol. The largest absolute Gasteiger partial charge is 0.467 e. The van der Waals surface area contributed by atoms with E-state index in [1.54, 1.807) is 42.9 Å². The zero-order valence-electron chi connectivity index (χ0n) is 19.2. The van der Waals surface area contributed by atoms with E-state index in [0.717, 1.165) is 23.9 Å². The zero-order chi connectivity index (χ0) is 25.5. The topological polar surface area (TPSA) is 94.4 Å². The van der Waals surface area contributed by atoms with E-state index in [-0.39, 0.29) is 13.0 Å². The number of benzene rings is 1. The van der Waals surface area contributed by atoms with Gasteiger partial charge in [0.25, 0.3) is 0 Å². The molecule has 12 heteroatoms. The van der Waals surface area contributed by atoms with Gasteiger partial charge in [-0.1, -0.05) is 12.1 Å². The smallest absolute Gasteiger partial charge is 0.417 e. The molecule has 3 aromatic rings. The Hall–Kier alpha value is -3.41. The highest BCUT2D eigenvalue weighted by atomic mass is 32.2. The highest BCUT2D eigenvalue weighted by Crippen LogP contribution is 2.39. The average molecular weight is 509 g/mol. The highest BCUT2D eigenvalue weighted by molar-refractivity contribution is 7.92.